The van der Waals surface area contributed by atoms with Crippen LogP contribution in [0.15, 0.2) is 45.6 Å². The third kappa shape index (κ3) is 3.51. The number of hydrogen-bond acceptors (Lipinski definition) is 9. The zero-order chi connectivity index (χ0) is 22.4. The van der Waals surface area contributed by atoms with E-state index in [0.717, 1.165) is 0 Å². The van der Waals surface area contributed by atoms with E-state index in [1.54, 1.807) is 12.1 Å². The number of ether oxygens (including phenoxy) is 2. The molecule has 1 saturated heterocycles. The van der Waals surface area contributed by atoms with Crippen molar-refractivity contribution in [3.05, 3.63) is 52.2 Å². The molecular formula is C22H22O9. The first-order valence-corrected chi connectivity index (χ1v) is 9.59. The number of hydrogen-bond donors (Lipinski definition) is 5. The molecule has 9 nitrogen and oxygen atoms in total. The van der Waals surface area contributed by atoms with Gasteiger partial charge in [0.1, 0.15) is 52.8 Å². The molecular weight excluding hydrogens is 408 g/mol. The van der Waals surface area contributed by atoms with Gasteiger partial charge in [-0.3, -0.25) is 4.79 Å². The van der Waals surface area contributed by atoms with Crippen molar-refractivity contribution in [2.45, 2.75) is 37.4 Å². The fraction of sp³-hybridized carbons (Fsp3) is 0.318. The van der Waals surface area contributed by atoms with Crippen molar-refractivity contribution in [2.75, 3.05) is 7.11 Å². The van der Waals surface area contributed by atoms with Gasteiger partial charge in [-0.15, -0.1) is 0 Å². The number of aliphatic hydroxyl groups is 3. The van der Waals surface area contributed by atoms with Crippen LogP contribution in [0.4, 0.5) is 0 Å². The van der Waals surface area contributed by atoms with Crippen molar-refractivity contribution >= 4 is 11.0 Å². The molecule has 0 radical (unpaired) electrons. The molecule has 0 saturated carbocycles. The molecule has 1 fully saturated rings. The topological polar surface area (TPSA) is 150 Å². The SMILES string of the molecule is COc1cc(O)c2c(=O)cc(-c3ccc(O)cc3)oc2c1C1OC(C)C(O)C(O)C1O. The van der Waals surface area contributed by atoms with E-state index in [0.29, 0.717) is 5.56 Å². The van der Waals surface area contributed by atoms with Gasteiger partial charge < -0.3 is 39.4 Å². The molecule has 1 aromatic heterocycles. The molecule has 1 aliphatic heterocycles. The quantitative estimate of drug-likeness (QED) is 0.416. The Kier molecular flexibility index (Phi) is 5.36. The minimum Gasteiger partial charge on any atom is -0.508 e. The van der Waals surface area contributed by atoms with Gasteiger partial charge in [-0.2, -0.15) is 0 Å². The van der Waals surface area contributed by atoms with E-state index in [2.05, 4.69) is 0 Å². The number of rotatable bonds is 3. The first kappa shape index (κ1) is 21.1. The Hall–Kier alpha value is -3.11. The van der Waals surface area contributed by atoms with Gasteiger partial charge in [-0.25, -0.2) is 0 Å². The molecule has 9 heteroatoms. The zero-order valence-electron chi connectivity index (χ0n) is 16.7. The fourth-order valence-electron chi connectivity index (χ4n) is 3.81. The number of fused-ring (bicyclic) bond motifs is 1. The highest BCUT2D eigenvalue weighted by Gasteiger charge is 2.44. The lowest BCUT2D eigenvalue weighted by atomic mass is 9.90. The number of phenolic OH excluding ortho intramolecular Hbond substituents is 2. The number of benzene rings is 2. The van der Waals surface area contributed by atoms with Crippen LogP contribution in [0.1, 0.15) is 18.6 Å². The maximum absolute atomic E-state index is 12.9. The molecule has 0 aliphatic carbocycles. The Labute approximate surface area is 176 Å². The third-order valence-corrected chi connectivity index (χ3v) is 5.49. The van der Waals surface area contributed by atoms with Gasteiger partial charge >= 0.3 is 0 Å². The van der Waals surface area contributed by atoms with Crippen molar-refractivity contribution in [2.24, 2.45) is 0 Å². The number of aliphatic hydroxyl groups excluding tert-OH is 3. The molecule has 31 heavy (non-hydrogen) atoms. The summed E-state index contributed by atoms with van der Waals surface area (Å²) in [5, 5.41) is 50.7. The smallest absolute Gasteiger partial charge is 0.197 e. The lowest BCUT2D eigenvalue weighted by Gasteiger charge is -2.39. The second-order valence-electron chi connectivity index (χ2n) is 7.47. The highest BCUT2D eigenvalue weighted by molar-refractivity contribution is 5.89. The number of methoxy groups -OCH3 is 1. The van der Waals surface area contributed by atoms with Crippen LogP contribution in [0, 0.1) is 0 Å². The average Bonchev–Trinajstić information content (AvgIpc) is 2.75. The minimum atomic E-state index is -1.56. The lowest BCUT2D eigenvalue weighted by molar-refractivity contribution is -0.219. The molecule has 164 valence electrons. The van der Waals surface area contributed by atoms with Gasteiger partial charge in [0, 0.05) is 17.7 Å². The molecule has 5 atom stereocenters. The van der Waals surface area contributed by atoms with Crippen LogP contribution in [0.3, 0.4) is 0 Å². The summed E-state index contributed by atoms with van der Waals surface area (Å²) in [5.41, 5.74) is -0.0470. The van der Waals surface area contributed by atoms with E-state index in [-0.39, 0.29) is 39.5 Å². The Morgan fingerprint density at radius 1 is 0.968 bits per heavy atom. The van der Waals surface area contributed by atoms with Gasteiger partial charge in [0.05, 0.1) is 18.8 Å². The Balaban J connectivity index is 2.00. The normalized spacial score (nSPS) is 26.2. The third-order valence-electron chi connectivity index (χ3n) is 5.49. The van der Waals surface area contributed by atoms with E-state index < -0.39 is 35.9 Å². The van der Waals surface area contributed by atoms with E-state index in [4.69, 9.17) is 13.9 Å². The van der Waals surface area contributed by atoms with Crippen molar-refractivity contribution in [3.63, 3.8) is 0 Å². The maximum atomic E-state index is 12.9. The first-order valence-electron chi connectivity index (χ1n) is 9.59. The van der Waals surface area contributed by atoms with E-state index in [1.807, 2.05) is 0 Å². The average molecular weight is 430 g/mol. The summed E-state index contributed by atoms with van der Waals surface area (Å²) < 4.78 is 17.1. The standard InChI is InChI=1S/C22H22O9/c1-9-18(26)19(27)20(28)22(30-9)17-15(29-2)8-13(25)16-12(24)7-14(31-21(16)17)10-3-5-11(23)6-4-10/h3-9,18-20,22-23,25-28H,1-2H3. The van der Waals surface area contributed by atoms with Crippen LogP contribution in [-0.4, -0.2) is 57.1 Å². The second-order valence-corrected chi connectivity index (χ2v) is 7.47. The first-order chi connectivity index (χ1) is 14.7. The van der Waals surface area contributed by atoms with Crippen LogP contribution in [0.25, 0.3) is 22.3 Å². The van der Waals surface area contributed by atoms with Crippen molar-refractivity contribution < 1.29 is 39.4 Å². The molecule has 0 amide bonds. The molecule has 0 spiro atoms. The predicted octanol–water partition coefficient (Wildman–Crippen LogP) is 1.42. The summed E-state index contributed by atoms with van der Waals surface area (Å²) >= 11 is 0. The van der Waals surface area contributed by atoms with Gasteiger partial charge in [0.25, 0.3) is 0 Å². The molecule has 4 rings (SSSR count). The molecule has 3 aromatic rings. The Morgan fingerprint density at radius 2 is 1.65 bits per heavy atom. The summed E-state index contributed by atoms with van der Waals surface area (Å²) in [6, 6.07) is 8.35. The molecule has 5 N–H and O–H groups in total. The summed E-state index contributed by atoms with van der Waals surface area (Å²) in [5.74, 6) is -0.145. The number of aromatic hydroxyl groups is 2. The highest BCUT2D eigenvalue weighted by Crippen LogP contribution is 2.44. The lowest BCUT2D eigenvalue weighted by Crippen LogP contribution is -2.53. The molecule has 5 unspecified atom stereocenters. The fourth-order valence-corrected chi connectivity index (χ4v) is 3.81. The maximum Gasteiger partial charge on any atom is 0.197 e. The van der Waals surface area contributed by atoms with Gasteiger partial charge in [-0.1, -0.05) is 0 Å². The van der Waals surface area contributed by atoms with Gasteiger partial charge in [-0.05, 0) is 31.2 Å². The molecule has 2 heterocycles. The summed E-state index contributed by atoms with van der Waals surface area (Å²) in [6.07, 6.45) is -6.46. The second kappa shape index (κ2) is 7.86. The summed E-state index contributed by atoms with van der Waals surface area (Å²) in [6.45, 7) is 1.53. The minimum absolute atomic E-state index is 0.0344. The van der Waals surface area contributed by atoms with Crippen molar-refractivity contribution in [3.8, 4) is 28.6 Å². The Morgan fingerprint density at radius 3 is 2.29 bits per heavy atom. The van der Waals surface area contributed by atoms with Crippen molar-refractivity contribution in [1.82, 2.24) is 0 Å². The highest BCUT2D eigenvalue weighted by atomic mass is 16.5. The van der Waals surface area contributed by atoms with Crippen LogP contribution >= 0.6 is 0 Å². The molecule has 1 aliphatic rings. The molecule has 0 bridgehead atoms. The molecule has 2 aromatic carbocycles. The van der Waals surface area contributed by atoms with Crippen LogP contribution in [0.5, 0.6) is 17.2 Å². The number of phenols is 2. The summed E-state index contributed by atoms with van der Waals surface area (Å²) in [7, 11) is 1.33. The Bertz CT molecular complexity index is 1170. The summed E-state index contributed by atoms with van der Waals surface area (Å²) in [4.78, 5) is 12.9. The van der Waals surface area contributed by atoms with Gasteiger partial charge in [0.2, 0.25) is 0 Å². The van der Waals surface area contributed by atoms with E-state index in [1.165, 1.54) is 38.3 Å². The van der Waals surface area contributed by atoms with Crippen molar-refractivity contribution in [1.29, 1.82) is 0 Å². The van der Waals surface area contributed by atoms with Gasteiger partial charge in [0.15, 0.2) is 11.0 Å². The van der Waals surface area contributed by atoms with E-state index in [9.17, 15) is 30.3 Å². The van der Waals surface area contributed by atoms with Crippen LogP contribution < -0.4 is 10.2 Å². The van der Waals surface area contributed by atoms with Crippen LogP contribution in [0.2, 0.25) is 0 Å². The predicted molar refractivity (Wildman–Crippen MR) is 109 cm³/mol. The zero-order valence-corrected chi connectivity index (χ0v) is 16.7. The largest absolute Gasteiger partial charge is 0.508 e. The van der Waals surface area contributed by atoms with E-state index >= 15 is 0 Å². The van der Waals surface area contributed by atoms with Crippen LogP contribution in [-0.2, 0) is 4.74 Å². The monoisotopic (exact) mass is 430 g/mol.